The molecule has 3 aromatic rings. The van der Waals surface area contributed by atoms with Crippen LogP contribution < -0.4 is 0 Å². The van der Waals surface area contributed by atoms with Gasteiger partial charge < -0.3 is 10.2 Å². The van der Waals surface area contributed by atoms with E-state index in [1.807, 2.05) is 0 Å². The van der Waals surface area contributed by atoms with E-state index in [9.17, 15) is 10.2 Å². The van der Waals surface area contributed by atoms with Gasteiger partial charge in [-0.1, -0.05) is 138 Å². The number of hydrogen-bond acceptors (Lipinski definition) is 2. The smallest absolute Gasteiger partial charge is 0.123 e. The van der Waals surface area contributed by atoms with Crippen LogP contribution in [0.3, 0.4) is 0 Å². The molecule has 0 aliphatic carbocycles. The second kappa shape index (κ2) is 9.47. The predicted molar refractivity (Wildman–Crippen MR) is 163 cm³/mol. The molecule has 0 aliphatic rings. The zero-order valence-corrected chi connectivity index (χ0v) is 26.1. The third-order valence-electron chi connectivity index (χ3n) is 7.96. The van der Waals surface area contributed by atoms with Crippen LogP contribution in [-0.2, 0) is 27.1 Å². The molecule has 0 unspecified atom stereocenters. The topological polar surface area (TPSA) is 40.5 Å². The van der Waals surface area contributed by atoms with Crippen LogP contribution in [0.4, 0.5) is 0 Å². The fourth-order valence-corrected chi connectivity index (χ4v) is 5.40. The molecule has 3 rings (SSSR count). The summed E-state index contributed by atoms with van der Waals surface area (Å²) in [6.07, 6.45) is 0. The first-order valence-electron chi connectivity index (χ1n) is 13.9. The van der Waals surface area contributed by atoms with Gasteiger partial charge in [-0.2, -0.15) is 0 Å². The van der Waals surface area contributed by atoms with Crippen LogP contribution in [-0.4, -0.2) is 10.2 Å². The van der Waals surface area contributed by atoms with Crippen LogP contribution >= 0.6 is 0 Å². The van der Waals surface area contributed by atoms with Crippen molar-refractivity contribution in [2.24, 2.45) is 0 Å². The summed E-state index contributed by atoms with van der Waals surface area (Å²) < 4.78 is 0. The summed E-state index contributed by atoms with van der Waals surface area (Å²) >= 11 is 0. The summed E-state index contributed by atoms with van der Waals surface area (Å²) in [6.45, 7) is 28.2. The first-order valence-corrected chi connectivity index (χ1v) is 13.9. The van der Waals surface area contributed by atoms with Crippen LogP contribution in [0.5, 0.6) is 11.5 Å². The highest BCUT2D eigenvalue weighted by molar-refractivity contribution is 5.60. The number of aromatic hydroxyl groups is 2. The van der Waals surface area contributed by atoms with Crippen molar-refractivity contribution in [3.63, 3.8) is 0 Å². The molecule has 0 spiro atoms. The average molecular weight is 515 g/mol. The first kappa shape index (κ1) is 29.8. The Balaban J connectivity index is 2.58. The molecular formula is C36H50O2. The Labute approximate surface area is 232 Å². The molecule has 2 nitrogen and oxygen atoms in total. The molecule has 0 aliphatic heterocycles. The highest BCUT2D eigenvalue weighted by Crippen LogP contribution is 2.49. The Morgan fingerprint density at radius 1 is 0.395 bits per heavy atom. The third-order valence-corrected chi connectivity index (χ3v) is 7.96. The highest BCUT2D eigenvalue weighted by Gasteiger charge is 2.38. The van der Waals surface area contributed by atoms with E-state index in [1.165, 1.54) is 5.56 Å². The second-order valence-corrected chi connectivity index (χ2v) is 15.3. The van der Waals surface area contributed by atoms with Gasteiger partial charge in [0.1, 0.15) is 11.5 Å². The van der Waals surface area contributed by atoms with Crippen molar-refractivity contribution < 1.29 is 10.2 Å². The van der Waals surface area contributed by atoms with Gasteiger partial charge in [0, 0.05) is 5.41 Å². The molecule has 0 saturated carbocycles. The maximum Gasteiger partial charge on any atom is 0.123 e. The minimum atomic E-state index is -0.525. The zero-order chi connectivity index (χ0) is 29.1. The summed E-state index contributed by atoms with van der Waals surface area (Å²) in [6, 6.07) is 19.5. The van der Waals surface area contributed by atoms with E-state index in [0.29, 0.717) is 11.5 Å². The number of benzene rings is 3. The maximum atomic E-state index is 11.5. The zero-order valence-electron chi connectivity index (χ0n) is 26.1. The van der Waals surface area contributed by atoms with Crippen molar-refractivity contribution in [1.29, 1.82) is 0 Å². The molecule has 0 aromatic heterocycles. The van der Waals surface area contributed by atoms with E-state index in [-0.39, 0.29) is 21.7 Å². The fourth-order valence-electron chi connectivity index (χ4n) is 5.40. The summed E-state index contributed by atoms with van der Waals surface area (Å²) in [5.41, 5.74) is 5.79. The fraction of sp³-hybridized carbons (Fsp3) is 0.500. The van der Waals surface area contributed by atoms with Crippen LogP contribution in [0.25, 0.3) is 0 Å². The van der Waals surface area contributed by atoms with E-state index in [1.54, 1.807) is 0 Å². The minimum Gasteiger partial charge on any atom is -0.507 e. The van der Waals surface area contributed by atoms with Crippen LogP contribution in [0, 0.1) is 0 Å². The van der Waals surface area contributed by atoms with Crippen LogP contribution in [0.2, 0.25) is 0 Å². The molecule has 0 bridgehead atoms. The number of rotatable bonds is 3. The Morgan fingerprint density at radius 3 is 0.895 bits per heavy atom. The Kier molecular flexibility index (Phi) is 7.43. The lowest BCUT2D eigenvalue weighted by Gasteiger charge is -2.38. The van der Waals surface area contributed by atoms with Crippen molar-refractivity contribution in [2.45, 2.75) is 117 Å². The summed E-state index contributed by atoms with van der Waals surface area (Å²) in [7, 11) is 0. The van der Waals surface area contributed by atoms with E-state index in [4.69, 9.17) is 0 Å². The largest absolute Gasteiger partial charge is 0.507 e. The molecule has 3 aromatic carbocycles. The Bertz CT molecular complexity index is 1150. The van der Waals surface area contributed by atoms with E-state index < -0.39 is 5.41 Å². The molecule has 2 N–H and O–H groups in total. The lowest BCUT2D eigenvalue weighted by molar-refractivity contribution is 0.421. The molecule has 0 radical (unpaired) electrons. The molecule has 206 valence electrons. The standard InChI is InChI=1S/C36H50O2/c1-32(2,3)26-19-24(20-27(30(26)37)33(4,5)6)36(13,23-17-15-14-16-18-23)25-21-28(34(7,8)9)31(38)29(22-25)35(10,11)12/h14-22,37-38H,1-13H3. The number of phenolic OH excluding ortho intramolecular Hbond substituents is 2. The van der Waals surface area contributed by atoms with Gasteiger partial charge in [-0.15, -0.1) is 0 Å². The van der Waals surface area contributed by atoms with Gasteiger partial charge in [-0.3, -0.25) is 0 Å². The molecule has 0 saturated heterocycles. The number of phenols is 2. The summed E-state index contributed by atoms with van der Waals surface area (Å²) in [4.78, 5) is 0. The molecule has 0 fully saturated rings. The normalized spacial score (nSPS) is 13.6. The third kappa shape index (κ3) is 5.51. The van der Waals surface area contributed by atoms with E-state index in [0.717, 1.165) is 33.4 Å². The first-order chi connectivity index (χ1) is 17.1. The van der Waals surface area contributed by atoms with Crippen LogP contribution in [0.1, 0.15) is 129 Å². The summed E-state index contributed by atoms with van der Waals surface area (Å²) in [5, 5.41) is 23.0. The second-order valence-electron chi connectivity index (χ2n) is 15.3. The van der Waals surface area contributed by atoms with Gasteiger partial charge in [-0.05, 0) is 67.5 Å². The van der Waals surface area contributed by atoms with Crippen molar-refractivity contribution in [3.05, 3.63) is 93.5 Å². The SMILES string of the molecule is CC(C)(C)c1cc(C(C)(c2ccccc2)c2cc(C(C)(C)C)c(O)c(C(C)(C)C)c2)cc(C(C)(C)C)c1O. The van der Waals surface area contributed by atoms with Crippen molar-refractivity contribution >= 4 is 0 Å². The average Bonchev–Trinajstić information content (AvgIpc) is 2.76. The highest BCUT2D eigenvalue weighted by atomic mass is 16.3. The minimum absolute atomic E-state index is 0.236. The Hall–Kier alpha value is -2.74. The number of hydrogen-bond donors (Lipinski definition) is 2. The molecule has 0 atom stereocenters. The van der Waals surface area contributed by atoms with Gasteiger partial charge in [0.05, 0.1) is 0 Å². The van der Waals surface area contributed by atoms with Crippen LogP contribution in [0.15, 0.2) is 54.6 Å². The van der Waals surface area contributed by atoms with Gasteiger partial charge in [0.25, 0.3) is 0 Å². The van der Waals surface area contributed by atoms with Gasteiger partial charge >= 0.3 is 0 Å². The van der Waals surface area contributed by atoms with Gasteiger partial charge in [-0.25, -0.2) is 0 Å². The summed E-state index contributed by atoms with van der Waals surface area (Å²) in [5.74, 6) is 0.779. The molecular weight excluding hydrogens is 464 g/mol. The molecule has 0 heterocycles. The lowest BCUT2D eigenvalue weighted by atomic mass is 9.66. The lowest BCUT2D eigenvalue weighted by Crippen LogP contribution is -2.29. The molecule has 38 heavy (non-hydrogen) atoms. The molecule has 0 amide bonds. The molecule has 2 heteroatoms. The predicted octanol–water partition coefficient (Wildman–Crippen LogP) is 9.64. The maximum absolute atomic E-state index is 11.5. The van der Waals surface area contributed by atoms with Gasteiger partial charge in [0.2, 0.25) is 0 Å². The van der Waals surface area contributed by atoms with Crippen molar-refractivity contribution in [3.8, 4) is 11.5 Å². The van der Waals surface area contributed by atoms with Crippen molar-refractivity contribution in [1.82, 2.24) is 0 Å². The monoisotopic (exact) mass is 514 g/mol. The van der Waals surface area contributed by atoms with E-state index in [2.05, 4.69) is 145 Å². The van der Waals surface area contributed by atoms with Gasteiger partial charge in [0.15, 0.2) is 0 Å². The quantitative estimate of drug-likeness (QED) is 0.342. The van der Waals surface area contributed by atoms with Crippen molar-refractivity contribution in [2.75, 3.05) is 0 Å². The Morgan fingerprint density at radius 2 is 0.658 bits per heavy atom. The van der Waals surface area contributed by atoms with E-state index >= 15 is 0 Å².